The molecule has 0 saturated carbocycles. The Bertz CT molecular complexity index is 1190. The van der Waals surface area contributed by atoms with Crippen LogP contribution in [0.15, 0.2) is 71.6 Å². The van der Waals surface area contributed by atoms with Crippen molar-refractivity contribution in [2.24, 2.45) is 0 Å². The van der Waals surface area contributed by atoms with Gasteiger partial charge in [0.1, 0.15) is 6.54 Å². The molecule has 0 atom stereocenters. The minimum absolute atomic E-state index is 0.0537. The van der Waals surface area contributed by atoms with Gasteiger partial charge in [0.25, 0.3) is 10.0 Å². The second-order valence-corrected chi connectivity index (χ2v) is 9.57. The quantitative estimate of drug-likeness (QED) is 0.482. The summed E-state index contributed by atoms with van der Waals surface area (Å²) in [5, 5.41) is 3.63. The summed E-state index contributed by atoms with van der Waals surface area (Å²) >= 11 is 18.2. The lowest BCUT2D eigenvalue weighted by molar-refractivity contribution is -0.114. The minimum atomic E-state index is -4.04. The number of nitrogens with zero attached hydrogens (tertiary/aromatic N) is 1. The third-order valence-corrected chi connectivity index (χ3v) is 6.83. The van der Waals surface area contributed by atoms with Crippen molar-refractivity contribution in [1.29, 1.82) is 0 Å². The van der Waals surface area contributed by atoms with Crippen LogP contribution in [0.1, 0.15) is 5.56 Å². The summed E-state index contributed by atoms with van der Waals surface area (Å²) in [4.78, 5) is 12.8. The first-order valence-electron chi connectivity index (χ1n) is 8.77. The van der Waals surface area contributed by atoms with E-state index in [2.05, 4.69) is 5.32 Å². The molecule has 156 valence electrons. The van der Waals surface area contributed by atoms with Crippen LogP contribution in [-0.4, -0.2) is 20.9 Å². The van der Waals surface area contributed by atoms with Crippen LogP contribution in [0.4, 0.5) is 11.4 Å². The summed E-state index contributed by atoms with van der Waals surface area (Å²) in [6.07, 6.45) is 0. The number of amides is 1. The van der Waals surface area contributed by atoms with E-state index < -0.39 is 22.5 Å². The molecule has 5 nitrogen and oxygen atoms in total. The normalized spacial score (nSPS) is 11.2. The smallest absolute Gasteiger partial charge is 0.264 e. The van der Waals surface area contributed by atoms with Crippen LogP contribution < -0.4 is 9.62 Å². The van der Waals surface area contributed by atoms with Crippen LogP contribution in [0.5, 0.6) is 0 Å². The summed E-state index contributed by atoms with van der Waals surface area (Å²) in [5.74, 6) is -0.585. The Kier molecular flexibility index (Phi) is 6.93. The standard InChI is InChI=1S/C21H17Cl3N2O3S/c1-14-7-8-16(23)12-20(14)26(30(28,29)17-5-3-2-4-6-17)13-21(27)25-19-11-15(22)9-10-18(19)24/h2-12H,13H2,1H3,(H,25,27). The van der Waals surface area contributed by atoms with Crippen LogP contribution >= 0.6 is 34.8 Å². The number of benzene rings is 3. The van der Waals surface area contributed by atoms with Gasteiger partial charge in [-0.05, 0) is 55.0 Å². The zero-order valence-corrected chi connectivity index (χ0v) is 18.9. The lowest BCUT2D eigenvalue weighted by Crippen LogP contribution is -2.38. The SMILES string of the molecule is Cc1ccc(Cl)cc1N(CC(=O)Nc1cc(Cl)ccc1Cl)S(=O)(=O)c1ccccc1. The first-order chi connectivity index (χ1) is 14.2. The number of halogens is 3. The Morgan fingerprint density at radius 2 is 1.57 bits per heavy atom. The third kappa shape index (κ3) is 5.08. The Hall–Kier alpha value is -2.25. The average Bonchev–Trinajstić information content (AvgIpc) is 2.71. The van der Waals surface area contributed by atoms with E-state index in [1.807, 2.05) is 0 Å². The Morgan fingerprint density at radius 3 is 2.27 bits per heavy atom. The highest BCUT2D eigenvalue weighted by molar-refractivity contribution is 7.92. The fourth-order valence-electron chi connectivity index (χ4n) is 2.78. The molecule has 0 aromatic heterocycles. The molecule has 3 aromatic rings. The van der Waals surface area contributed by atoms with Gasteiger partial charge in [-0.25, -0.2) is 8.42 Å². The van der Waals surface area contributed by atoms with Crippen molar-refractivity contribution in [2.75, 3.05) is 16.2 Å². The maximum absolute atomic E-state index is 13.4. The second-order valence-electron chi connectivity index (χ2n) is 6.43. The molecular weight excluding hydrogens is 467 g/mol. The predicted octanol–water partition coefficient (Wildman–Crippen LogP) is 5.79. The van der Waals surface area contributed by atoms with Crippen molar-refractivity contribution in [1.82, 2.24) is 0 Å². The number of hydrogen-bond donors (Lipinski definition) is 1. The zero-order chi connectivity index (χ0) is 21.9. The van der Waals surface area contributed by atoms with E-state index in [-0.39, 0.29) is 15.6 Å². The third-order valence-electron chi connectivity index (χ3n) is 4.26. The van der Waals surface area contributed by atoms with Crippen molar-refractivity contribution in [3.8, 4) is 0 Å². The molecule has 0 bridgehead atoms. The molecule has 0 unspecified atom stereocenters. The molecular formula is C21H17Cl3N2O3S. The van der Waals surface area contributed by atoms with Crippen molar-refractivity contribution in [3.63, 3.8) is 0 Å². The number of carbonyl (C=O) groups is 1. The van der Waals surface area contributed by atoms with Crippen LogP contribution in [0.25, 0.3) is 0 Å². The summed E-state index contributed by atoms with van der Waals surface area (Å²) in [6, 6.07) is 17.3. The molecule has 1 N–H and O–H groups in total. The molecule has 0 radical (unpaired) electrons. The van der Waals surface area contributed by atoms with Crippen LogP contribution in [0.2, 0.25) is 15.1 Å². The van der Waals surface area contributed by atoms with E-state index in [1.165, 1.54) is 24.3 Å². The van der Waals surface area contributed by atoms with Gasteiger partial charge in [0.15, 0.2) is 0 Å². The number of sulfonamides is 1. The maximum Gasteiger partial charge on any atom is 0.264 e. The lowest BCUT2D eigenvalue weighted by Gasteiger charge is -2.26. The maximum atomic E-state index is 13.4. The number of carbonyl (C=O) groups excluding carboxylic acids is 1. The van der Waals surface area contributed by atoms with Crippen LogP contribution in [-0.2, 0) is 14.8 Å². The Labute approximate surface area is 190 Å². The minimum Gasteiger partial charge on any atom is -0.323 e. The summed E-state index contributed by atoms with van der Waals surface area (Å²) in [6.45, 7) is 1.26. The molecule has 0 aliphatic carbocycles. The number of hydrogen-bond acceptors (Lipinski definition) is 3. The fraction of sp³-hybridized carbons (Fsp3) is 0.0952. The van der Waals surface area contributed by atoms with Crippen LogP contribution in [0, 0.1) is 6.92 Å². The highest BCUT2D eigenvalue weighted by atomic mass is 35.5. The average molecular weight is 484 g/mol. The lowest BCUT2D eigenvalue weighted by atomic mass is 10.2. The van der Waals surface area contributed by atoms with Gasteiger partial charge in [-0.2, -0.15) is 0 Å². The van der Waals surface area contributed by atoms with Crippen molar-refractivity contribution in [2.45, 2.75) is 11.8 Å². The molecule has 0 heterocycles. The summed E-state index contributed by atoms with van der Waals surface area (Å²) in [7, 11) is -4.04. The summed E-state index contributed by atoms with van der Waals surface area (Å²) in [5.41, 5.74) is 1.24. The molecule has 3 rings (SSSR count). The van der Waals surface area contributed by atoms with Crippen molar-refractivity contribution < 1.29 is 13.2 Å². The molecule has 3 aromatic carbocycles. The van der Waals surface area contributed by atoms with Gasteiger partial charge in [0.05, 0.1) is 21.3 Å². The Morgan fingerprint density at radius 1 is 0.933 bits per heavy atom. The van der Waals surface area contributed by atoms with Crippen molar-refractivity contribution in [3.05, 3.63) is 87.4 Å². The largest absolute Gasteiger partial charge is 0.323 e. The highest BCUT2D eigenvalue weighted by Crippen LogP contribution is 2.30. The van der Waals surface area contributed by atoms with E-state index in [4.69, 9.17) is 34.8 Å². The van der Waals surface area contributed by atoms with E-state index in [1.54, 1.807) is 49.4 Å². The topological polar surface area (TPSA) is 66.5 Å². The Balaban J connectivity index is 2.01. The van der Waals surface area contributed by atoms with Gasteiger partial charge < -0.3 is 5.32 Å². The van der Waals surface area contributed by atoms with E-state index in [9.17, 15) is 13.2 Å². The molecule has 30 heavy (non-hydrogen) atoms. The molecule has 0 saturated heterocycles. The van der Waals surface area contributed by atoms with Gasteiger partial charge in [0, 0.05) is 10.0 Å². The highest BCUT2D eigenvalue weighted by Gasteiger charge is 2.28. The second kappa shape index (κ2) is 9.27. The molecule has 0 aliphatic heterocycles. The molecule has 9 heteroatoms. The van der Waals surface area contributed by atoms with Crippen molar-refractivity contribution >= 4 is 62.1 Å². The monoisotopic (exact) mass is 482 g/mol. The van der Waals surface area contributed by atoms with Crippen LogP contribution in [0.3, 0.4) is 0 Å². The number of aryl methyl sites for hydroxylation is 1. The van der Waals surface area contributed by atoms with Gasteiger partial charge in [0.2, 0.25) is 5.91 Å². The molecule has 0 spiro atoms. The number of nitrogens with one attached hydrogen (secondary N) is 1. The fourth-order valence-corrected chi connectivity index (χ4v) is 4.79. The first-order valence-corrected chi connectivity index (χ1v) is 11.3. The van der Waals surface area contributed by atoms with Gasteiger partial charge in [-0.3, -0.25) is 9.10 Å². The zero-order valence-electron chi connectivity index (χ0n) is 15.8. The van der Waals surface area contributed by atoms with E-state index in [0.717, 1.165) is 4.31 Å². The summed E-state index contributed by atoms with van der Waals surface area (Å²) < 4.78 is 27.7. The number of rotatable bonds is 6. The van der Waals surface area contributed by atoms with Gasteiger partial charge in [-0.1, -0.05) is 59.1 Å². The number of anilines is 2. The first kappa shape index (κ1) is 22.4. The van der Waals surface area contributed by atoms with Gasteiger partial charge >= 0.3 is 0 Å². The predicted molar refractivity (Wildman–Crippen MR) is 122 cm³/mol. The molecule has 0 fully saturated rings. The van der Waals surface area contributed by atoms with Gasteiger partial charge in [-0.15, -0.1) is 0 Å². The van der Waals surface area contributed by atoms with E-state index in [0.29, 0.717) is 21.3 Å². The molecule has 0 aliphatic rings. The van der Waals surface area contributed by atoms with E-state index >= 15 is 0 Å². The molecule has 1 amide bonds.